The summed E-state index contributed by atoms with van der Waals surface area (Å²) in [4.78, 5) is 0. The topological polar surface area (TPSA) is 47.3 Å². The van der Waals surface area contributed by atoms with E-state index in [2.05, 4.69) is 34.2 Å². The molecule has 1 aliphatic heterocycles. The van der Waals surface area contributed by atoms with Crippen LogP contribution < -0.4 is 11.1 Å². The zero-order chi connectivity index (χ0) is 11.6. The number of anilines is 1. The Morgan fingerprint density at radius 1 is 1.56 bits per heavy atom. The van der Waals surface area contributed by atoms with Crippen molar-refractivity contribution in [3.05, 3.63) is 28.2 Å². The van der Waals surface area contributed by atoms with Crippen molar-refractivity contribution < 1.29 is 4.74 Å². The van der Waals surface area contributed by atoms with Crippen LogP contribution in [-0.2, 0) is 11.3 Å². The molecule has 3 nitrogen and oxygen atoms in total. The van der Waals surface area contributed by atoms with Crippen molar-refractivity contribution in [1.82, 2.24) is 5.32 Å². The summed E-state index contributed by atoms with van der Waals surface area (Å²) in [5.41, 5.74) is 7.87. The van der Waals surface area contributed by atoms with Crippen LogP contribution in [0.15, 0.2) is 22.7 Å². The largest absolute Gasteiger partial charge is 0.398 e. The maximum atomic E-state index is 5.75. The molecule has 1 fully saturated rings. The van der Waals surface area contributed by atoms with Crippen LogP contribution in [0.4, 0.5) is 5.69 Å². The lowest BCUT2D eigenvalue weighted by atomic mass is 10.0. The fourth-order valence-corrected chi connectivity index (χ4v) is 2.23. The molecule has 1 aliphatic rings. The Kier molecular flexibility index (Phi) is 3.52. The molecule has 1 aromatic rings. The SMILES string of the molecule is CC1(NCc2ccc(N)c(Br)c2)CCOC1. The number of benzene rings is 1. The van der Waals surface area contributed by atoms with Crippen LogP contribution in [0.25, 0.3) is 0 Å². The molecule has 1 atom stereocenters. The Morgan fingerprint density at radius 3 is 3.00 bits per heavy atom. The highest BCUT2D eigenvalue weighted by Gasteiger charge is 2.28. The number of nitrogens with two attached hydrogens (primary N) is 1. The smallest absolute Gasteiger partial charge is 0.0646 e. The number of hydrogen-bond acceptors (Lipinski definition) is 3. The minimum atomic E-state index is 0.119. The van der Waals surface area contributed by atoms with Crippen LogP contribution >= 0.6 is 15.9 Å². The molecular formula is C12H17BrN2O. The van der Waals surface area contributed by atoms with Crippen molar-refractivity contribution in [2.45, 2.75) is 25.4 Å². The summed E-state index contributed by atoms with van der Waals surface area (Å²) < 4.78 is 6.36. The second kappa shape index (κ2) is 4.73. The van der Waals surface area contributed by atoms with E-state index in [0.29, 0.717) is 0 Å². The van der Waals surface area contributed by atoms with E-state index in [0.717, 1.165) is 36.3 Å². The van der Waals surface area contributed by atoms with Gasteiger partial charge in [0.2, 0.25) is 0 Å². The van der Waals surface area contributed by atoms with Gasteiger partial charge in [-0.15, -0.1) is 0 Å². The molecule has 0 spiro atoms. The van der Waals surface area contributed by atoms with E-state index in [4.69, 9.17) is 10.5 Å². The first-order valence-electron chi connectivity index (χ1n) is 5.46. The average Bonchev–Trinajstić information content (AvgIpc) is 2.68. The van der Waals surface area contributed by atoms with Crippen LogP contribution in [0.2, 0.25) is 0 Å². The zero-order valence-corrected chi connectivity index (χ0v) is 11.0. The highest BCUT2D eigenvalue weighted by molar-refractivity contribution is 9.10. The van der Waals surface area contributed by atoms with Gasteiger partial charge < -0.3 is 15.8 Å². The minimum Gasteiger partial charge on any atom is -0.398 e. The number of hydrogen-bond donors (Lipinski definition) is 2. The van der Waals surface area contributed by atoms with Crippen molar-refractivity contribution in [2.75, 3.05) is 18.9 Å². The third-order valence-electron chi connectivity index (χ3n) is 3.00. The number of rotatable bonds is 3. The summed E-state index contributed by atoms with van der Waals surface area (Å²) in [6.07, 6.45) is 1.07. The first-order chi connectivity index (χ1) is 7.59. The maximum Gasteiger partial charge on any atom is 0.0646 e. The van der Waals surface area contributed by atoms with E-state index in [1.54, 1.807) is 0 Å². The molecule has 0 bridgehead atoms. The van der Waals surface area contributed by atoms with Gasteiger partial charge in [0.05, 0.1) is 6.61 Å². The molecule has 1 heterocycles. The fraction of sp³-hybridized carbons (Fsp3) is 0.500. The normalized spacial score (nSPS) is 24.9. The third kappa shape index (κ3) is 2.75. The second-order valence-corrected chi connectivity index (χ2v) is 5.43. The summed E-state index contributed by atoms with van der Waals surface area (Å²) in [7, 11) is 0. The van der Waals surface area contributed by atoms with Crippen LogP contribution in [0.5, 0.6) is 0 Å². The van der Waals surface area contributed by atoms with E-state index >= 15 is 0 Å². The van der Waals surface area contributed by atoms with E-state index in [9.17, 15) is 0 Å². The first kappa shape index (κ1) is 11.9. The van der Waals surface area contributed by atoms with Gasteiger partial charge in [-0.2, -0.15) is 0 Å². The average molecular weight is 285 g/mol. The molecule has 4 heteroatoms. The molecule has 1 unspecified atom stereocenters. The maximum absolute atomic E-state index is 5.75. The lowest BCUT2D eigenvalue weighted by Gasteiger charge is -2.23. The van der Waals surface area contributed by atoms with Crippen molar-refractivity contribution in [1.29, 1.82) is 0 Å². The fourth-order valence-electron chi connectivity index (χ4n) is 1.80. The van der Waals surface area contributed by atoms with Gasteiger partial charge in [0.15, 0.2) is 0 Å². The highest BCUT2D eigenvalue weighted by Crippen LogP contribution is 2.22. The molecule has 0 amide bonds. The molecule has 0 radical (unpaired) electrons. The van der Waals surface area contributed by atoms with Crippen LogP contribution in [0.1, 0.15) is 18.9 Å². The third-order valence-corrected chi connectivity index (χ3v) is 3.69. The Bertz CT molecular complexity index is 375. The second-order valence-electron chi connectivity index (χ2n) is 4.57. The number of halogens is 1. The number of nitrogen functional groups attached to an aromatic ring is 1. The molecule has 1 saturated heterocycles. The van der Waals surface area contributed by atoms with Gasteiger partial charge in [-0.1, -0.05) is 6.07 Å². The lowest BCUT2D eigenvalue weighted by molar-refractivity contribution is 0.171. The van der Waals surface area contributed by atoms with Crippen molar-refractivity contribution >= 4 is 21.6 Å². The van der Waals surface area contributed by atoms with Crippen LogP contribution in [0.3, 0.4) is 0 Å². The summed E-state index contributed by atoms with van der Waals surface area (Å²) in [5, 5.41) is 3.53. The Labute approximate surface area is 104 Å². The summed E-state index contributed by atoms with van der Waals surface area (Å²) in [6.45, 7) is 4.70. The van der Waals surface area contributed by atoms with E-state index in [1.807, 2.05) is 12.1 Å². The van der Waals surface area contributed by atoms with Crippen LogP contribution in [0, 0.1) is 0 Å². The number of ether oxygens (including phenoxy) is 1. The minimum absolute atomic E-state index is 0.119. The molecule has 1 aromatic carbocycles. The summed E-state index contributed by atoms with van der Waals surface area (Å²) in [5.74, 6) is 0. The molecule has 0 aliphatic carbocycles. The van der Waals surface area contributed by atoms with Gasteiger partial charge in [0.1, 0.15) is 0 Å². The zero-order valence-electron chi connectivity index (χ0n) is 9.42. The Hall–Kier alpha value is -0.580. The predicted octanol–water partition coefficient (Wildman–Crippen LogP) is 2.30. The van der Waals surface area contributed by atoms with Gasteiger partial charge in [0, 0.05) is 28.9 Å². The first-order valence-corrected chi connectivity index (χ1v) is 6.25. The molecule has 0 saturated carbocycles. The van der Waals surface area contributed by atoms with Gasteiger partial charge in [-0.3, -0.25) is 0 Å². The molecule has 2 rings (SSSR count). The Morgan fingerprint density at radius 2 is 2.38 bits per heavy atom. The monoisotopic (exact) mass is 284 g/mol. The van der Waals surface area contributed by atoms with Gasteiger partial charge in [-0.25, -0.2) is 0 Å². The van der Waals surface area contributed by atoms with E-state index < -0.39 is 0 Å². The van der Waals surface area contributed by atoms with Gasteiger partial charge in [0.25, 0.3) is 0 Å². The van der Waals surface area contributed by atoms with Gasteiger partial charge >= 0.3 is 0 Å². The lowest BCUT2D eigenvalue weighted by Crippen LogP contribution is -2.42. The van der Waals surface area contributed by atoms with Gasteiger partial charge in [-0.05, 0) is 47.0 Å². The quantitative estimate of drug-likeness (QED) is 0.838. The standard InChI is InChI=1S/C12H17BrN2O/c1-12(4-5-16-8-12)15-7-9-2-3-11(14)10(13)6-9/h2-3,6,15H,4-5,7-8,14H2,1H3. The van der Waals surface area contributed by atoms with Crippen molar-refractivity contribution in [2.24, 2.45) is 0 Å². The number of nitrogens with one attached hydrogen (secondary N) is 1. The summed E-state index contributed by atoms with van der Waals surface area (Å²) in [6, 6.07) is 6.03. The molecular weight excluding hydrogens is 268 g/mol. The molecule has 16 heavy (non-hydrogen) atoms. The molecule has 0 aromatic heterocycles. The van der Waals surface area contributed by atoms with Crippen molar-refractivity contribution in [3.8, 4) is 0 Å². The molecule has 3 N–H and O–H groups in total. The van der Waals surface area contributed by atoms with E-state index in [1.165, 1.54) is 5.56 Å². The summed E-state index contributed by atoms with van der Waals surface area (Å²) >= 11 is 3.44. The van der Waals surface area contributed by atoms with E-state index in [-0.39, 0.29) is 5.54 Å². The highest BCUT2D eigenvalue weighted by atomic mass is 79.9. The Balaban J connectivity index is 1.96. The molecule has 88 valence electrons. The van der Waals surface area contributed by atoms with Crippen molar-refractivity contribution in [3.63, 3.8) is 0 Å². The predicted molar refractivity (Wildman–Crippen MR) is 69.2 cm³/mol. The van der Waals surface area contributed by atoms with Crippen LogP contribution in [-0.4, -0.2) is 18.8 Å².